The molecule has 0 amide bonds. The second kappa shape index (κ2) is 13.6. The molecule has 2 aliphatic heterocycles. The Morgan fingerprint density at radius 3 is 2.12 bits per heavy atom. The molecule has 0 aromatic carbocycles. The van der Waals surface area contributed by atoms with E-state index in [1.54, 1.807) is 0 Å². The molecule has 198 valence electrons. The van der Waals surface area contributed by atoms with Crippen LogP contribution in [-0.2, 0) is 18.9 Å². The monoisotopic (exact) mass is 492 g/mol. The lowest BCUT2D eigenvalue weighted by molar-refractivity contribution is -0.359. The third-order valence-electron chi connectivity index (χ3n) is 6.88. The van der Waals surface area contributed by atoms with Crippen molar-refractivity contribution in [1.29, 1.82) is 0 Å². The van der Waals surface area contributed by atoms with E-state index in [2.05, 4.69) is 12.2 Å². The maximum absolute atomic E-state index is 10.6. The van der Waals surface area contributed by atoms with Gasteiger partial charge in [-0.2, -0.15) is 0 Å². The van der Waals surface area contributed by atoms with Crippen molar-refractivity contribution in [2.45, 2.75) is 106 Å². The van der Waals surface area contributed by atoms with Gasteiger partial charge in [-0.15, -0.1) is 0 Å². The standard InChI is InChI=1S/C23H40O11/c24-11-14-16(26)17(27)19(29)23(32-14)34-21-15(12-25)33-22(20(30)18(21)28)31-10-6-2-5-9-13-7-3-1-4-8-13/h1,3,13-30H,2,4-12H2/t13-,14+,15+,16+,17-,18+,19+,20+,21+,22+,23+/m0/s1. The summed E-state index contributed by atoms with van der Waals surface area (Å²) in [5.74, 6) is 0.746. The highest BCUT2D eigenvalue weighted by molar-refractivity contribution is 4.94. The minimum Gasteiger partial charge on any atom is -0.394 e. The van der Waals surface area contributed by atoms with E-state index in [1.807, 2.05) is 0 Å². The molecule has 11 heteroatoms. The van der Waals surface area contributed by atoms with E-state index in [1.165, 1.54) is 12.8 Å². The van der Waals surface area contributed by atoms with Crippen molar-refractivity contribution in [3.05, 3.63) is 12.2 Å². The lowest BCUT2D eigenvalue weighted by atomic mass is 9.90. The normalized spacial score (nSPS) is 43.2. The van der Waals surface area contributed by atoms with Gasteiger partial charge in [0.15, 0.2) is 12.6 Å². The zero-order valence-corrected chi connectivity index (χ0v) is 19.3. The number of hydrogen-bond acceptors (Lipinski definition) is 11. The number of allylic oxidation sites excluding steroid dienone is 2. The van der Waals surface area contributed by atoms with Gasteiger partial charge in [0.2, 0.25) is 0 Å². The molecular formula is C23H40O11. The van der Waals surface area contributed by atoms with Crippen molar-refractivity contribution < 1.29 is 54.7 Å². The Kier molecular flexibility index (Phi) is 11.1. The van der Waals surface area contributed by atoms with Gasteiger partial charge in [0.05, 0.1) is 13.2 Å². The second-order valence-corrected chi connectivity index (χ2v) is 9.38. The summed E-state index contributed by atoms with van der Waals surface area (Å²) in [7, 11) is 0. The summed E-state index contributed by atoms with van der Waals surface area (Å²) in [5.41, 5.74) is 0. The number of rotatable bonds is 11. The first-order chi connectivity index (χ1) is 16.4. The lowest BCUT2D eigenvalue weighted by Gasteiger charge is -2.45. The average molecular weight is 493 g/mol. The van der Waals surface area contributed by atoms with Gasteiger partial charge in [-0.1, -0.05) is 31.4 Å². The van der Waals surface area contributed by atoms with E-state index in [9.17, 15) is 35.7 Å². The fraction of sp³-hybridized carbons (Fsp3) is 0.913. The molecule has 11 atom stereocenters. The van der Waals surface area contributed by atoms with Crippen molar-refractivity contribution in [2.24, 2.45) is 5.92 Å². The molecule has 1 aliphatic carbocycles. The number of aliphatic hydroxyl groups excluding tert-OH is 7. The Labute approximate surface area is 199 Å². The van der Waals surface area contributed by atoms with Crippen molar-refractivity contribution in [2.75, 3.05) is 19.8 Å². The molecule has 2 heterocycles. The fourth-order valence-corrected chi connectivity index (χ4v) is 4.72. The van der Waals surface area contributed by atoms with Gasteiger partial charge in [0, 0.05) is 6.61 Å². The summed E-state index contributed by atoms with van der Waals surface area (Å²) < 4.78 is 22.0. The molecule has 0 spiro atoms. The van der Waals surface area contributed by atoms with Crippen LogP contribution in [0.3, 0.4) is 0 Å². The van der Waals surface area contributed by atoms with Gasteiger partial charge < -0.3 is 54.7 Å². The van der Waals surface area contributed by atoms with Crippen molar-refractivity contribution in [3.63, 3.8) is 0 Å². The number of ether oxygens (including phenoxy) is 4. The molecule has 0 saturated carbocycles. The number of hydrogen-bond donors (Lipinski definition) is 7. The first-order valence-electron chi connectivity index (χ1n) is 12.2. The minimum atomic E-state index is -1.69. The third-order valence-corrected chi connectivity index (χ3v) is 6.88. The van der Waals surface area contributed by atoms with Crippen LogP contribution < -0.4 is 0 Å². The summed E-state index contributed by atoms with van der Waals surface area (Å²) in [6.07, 6.45) is -2.33. The molecule has 0 bridgehead atoms. The Hall–Kier alpha value is -0.700. The molecule has 2 saturated heterocycles. The number of aliphatic hydroxyl groups is 7. The van der Waals surface area contributed by atoms with Crippen LogP contribution in [0.5, 0.6) is 0 Å². The molecule has 0 aromatic rings. The minimum absolute atomic E-state index is 0.315. The largest absolute Gasteiger partial charge is 0.394 e. The smallest absolute Gasteiger partial charge is 0.187 e. The Morgan fingerprint density at radius 1 is 0.735 bits per heavy atom. The predicted octanol–water partition coefficient (Wildman–Crippen LogP) is -1.46. The zero-order valence-electron chi connectivity index (χ0n) is 19.3. The van der Waals surface area contributed by atoms with Gasteiger partial charge in [0.1, 0.15) is 48.8 Å². The van der Waals surface area contributed by atoms with Crippen LogP contribution in [0.1, 0.15) is 44.9 Å². The Balaban J connectivity index is 1.45. The average Bonchev–Trinajstić information content (AvgIpc) is 2.85. The molecule has 0 unspecified atom stereocenters. The summed E-state index contributed by atoms with van der Waals surface area (Å²) in [5, 5.41) is 70.1. The highest BCUT2D eigenvalue weighted by atomic mass is 16.7. The quantitative estimate of drug-likeness (QED) is 0.132. The summed E-state index contributed by atoms with van der Waals surface area (Å²) in [6.45, 7) is -0.912. The molecule has 7 N–H and O–H groups in total. The summed E-state index contributed by atoms with van der Waals surface area (Å²) in [4.78, 5) is 0. The maximum Gasteiger partial charge on any atom is 0.187 e. The van der Waals surface area contributed by atoms with Gasteiger partial charge in [0.25, 0.3) is 0 Å². The highest BCUT2D eigenvalue weighted by Gasteiger charge is 2.50. The maximum atomic E-state index is 10.6. The van der Waals surface area contributed by atoms with Crippen LogP contribution in [0.25, 0.3) is 0 Å². The predicted molar refractivity (Wildman–Crippen MR) is 117 cm³/mol. The van der Waals surface area contributed by atoms with E-state index >= 15 is 0 Å². The fourth-order valence-electron chi connectivity index (χ4n) is 4.72. The SMILES string of the molecule is OC[C@H]1O[C@H](O[C@H]2[C@H](O)[C@@H](O)[C@H](OCCCCC[C@H]3CC=CCC3)O[C@@H]2CO)[C@H](O)[C@@H](O)[C@@H]1O. The van der Waals surface area contributed by atoms with Crippen molar-refractivity contribution in [3.8, 4) is 0 Å². The Morgan fingerprint density at radius 2 is 1.44 bits per heavy atom. The van der Waals surface area contributed by atoms with Crippen LogP contribution in [0.15, 0.2) is 12.2 Å². The zero-order chi connectivity index (χ0) is 24.7. The van der Waals surface area contributed by atoms with E-state index in [0.717, 1.165) is 38.0 Å². The van der Waals surface area contributed by atoms with Crippen LogP contribution in [0.2, 0.25) is 0 Å². The first kappa shape index (κ1) is 27.9. The van der Waals surface area contributed by atoms with Crippen molar-refractivity contribution in [1.82, 2.24) is 0 Å². The van der Waals surface area contributed by atoms with E-state index < -0.39 is 74.6 Å². The van der Waals surface area contributed by atoms with Crippen LogP contribution in [0, 0.1) is 5.92 Å². The van der Waals surface area contributed by atoms with Crippen LogP contribution in [0.4, 0.5) is 0 Å². The molecule has 0 aromatic heterocycles. The summed E-state index contributed by atoms with van der Waals surface area (Å²) in [6, 6.07) is 0. The lowest BCUT2D eigenvalue weighted by Crippen LogP contribution is -2.64. The van der Waals surface area contributed by atoms with Gasteiger partial charge in [-0.3, -0.25) is 0 Å². The Bertz CT molecular complexity index is 616. The molecule has 2 fully saturated rings. The molecule has 11 nitrogen and oxygen atoms in total. The van der Waals surface area contributed by atoms with E-state index in [4.69, 9.17) is 18.9 Å². The van der Waals surface area contributed by atoms with Gasteiger partial charge >= 0.3 is 0 Å². The molecule has 0 radical (unpaired) electrons. The topological polar surface area (TPSA) is 179 Å². The molecular weight excluding hydrogens is 452 g/mol. The number of unbranched alkanes of at least 4 members (excludes halogenated alkanes) is 2. The molecule has 34 heavy (non-hydrogen) atoms. The molecule has 3 aliphatic rings. The van der Waals surface area contributed by atoms with Crippen LogP contribution >= 0.6 is 0 Å². The van der Waals surface area contributed by atoms with E-state index in [-0.39, 0.29) is 0 Å². The first-order valence-corrected chi connectivity index (χ1v) is 12.2. The highest BCUT2D eigenvalue weighted by Crippen LogP contribution is 2.30. The summed E-state index contributed by atoms with van der Waals surface area (Å²) >= 11 is 0. The van der Waals surface area contributed by atoms with E-state index in [0.29, 0.717) is 6.61 Å². The van der Waals surface area contributed by atoms with Crippen LogP contribution in [-0.4, -0.2) is 117 Å². The van der Waals surface area contributed by atoms with Gasteiger partial charge in [-0.25, -0.2) is 0 Å². The molecule has 3 rings (SSSR count). The van der Waals surface area contributed by atoms with Crippen molar-refractivity contribution >= 4 is 0 Å². The van der Waals surface area contributed by atoms with Gasteiger partial charge in [-0.05, 0) is 31.6 Å². The second-order valence-electron chi connectivity index (χ2n) is 9.38. The third kappa shape index (κ3) is 6.95.